The monoisotopic (exact) mass is 273 g/mol. The van der Waals surface area contributed by atoms with Crippen molar-refractivity contribution in [1.29, 1.82) is 0 Å². The minimum Gasteiger partial charge on any atom is -0.367 e. The fourth-order valence-corrected chi connectivity index (χ4v) is 3.19. The van der Waals surface area contributed by atoms with Gasteiger partial charge < -0.3 is 4.74 Å². The van der Waals surface area contributed by atoms with Gasteiger partial charge in [-0.05, 0) is 30.9 Å². The van der Waals surface area contributed by atoms with Gasteiger partial charge in [0, 0.05) is 18.2 Å². The number of nitrogens with zero attached hydrogens (tertiary/aromatic N) is 1. The van der Waals surface area contributed by atoms with E-state index >= 15 is 0 Å². The van der Waals surface area contributed by atoms with E-state index in [0.29, 0.717) is 18.6 Å². The summed E-state index contributed by atoms with van der Waals surface area (Å²) in [5.74, 6) is 0.626. The Bertz CT molecular complexity index is 480. The molecule has 1 aromatic carbocycles. The van der Waals surface area contributed by atoms with Crippen molar-refractivity contribution in [2.75, 3.05) is 19.7 Å². The van der Waals surface area contributed by atoms with Crippen LogP contribution in [-0.4, -0.2) is 42.5 Å². The third kappa shape index (κ3) is 2.65. The van der Waals surface area contributed by atoms with Gasteiger partial charge in [0.05, 0.1) is 6.61 Å². The summed E-state index contributed by atoms with van der Waals surface area (Å²) < 4.78 is 5.79. The highest BCUT2D eigenvalue weighted by Gasteiger charge is 2.35. The second kappa shape index (κ2) is 5.66. The van der Waals surface area contributed by atoms with Crippen molar-refractivity contribution in [3.63, 3.8) is 0 Å². The predicted octanol–water partition coefficient (Wildman–Crippen LogP) is 2.86. The van der Waals surface area contributed by atoms with Gasteiger partial charge in [-0.15, -0.1) is 0 Å². The van der Waals surface area contributed by atoms with Crippen molar-refractivity contribution < 1.29 is 9.53 Å². The molecule has 0 amide bonds. The summed E-state index contributed by atoms with van der Waals surface area (Å²) in [6.45, 7) is 6.91. The van der Waals surface area contributed by atoms with Crippen LogP contribution in [0.25, 0.3) is 0 Å². The summed E-state index contributed by atoms with van der Waals surface area (Å²) in [7, 11) is 0. The number of carbonyl (C=O) groups is 1. The SMILES string of the molecule is CC(C)c1ccc(C(=O)C2CN3CCCC3CO2)cc1. The minimum atomic E-state index is -0.283. The maximum atomic E-state index is 12.5. The van der Waals surface area contributed by atoms with Gasteiger partial charge in [0.2, 0.25) is 0 Å². The molecule has 3 nitrogen and oxygen atoms in total. The maximum absolute atomic E-state index is 12.5. The normalized spacial score (nSPS) is 26.8. The van der Waals surface area contributed by atoms with Crippen molar-refractivity contribution in [1.82, 2.24) is 4.90 Å². The third-order valence-corrected chi connectivity index (χ3v) is 4.54. The molecule has 3 heteroatoms. The lowest BCUT2D eigenvalue weighted by Gasteiger charge is -2.34. The van der Waals surface area contributed by atoms with Crippen LogP contribution < -0.4 is 0 Å². The molecule has 0 aromatic heterocycles. The Labute approximate surface area is 120 Å². The lowest BCUT2D eigenvalue weighted by molar-refractivity contribution is -0.0344. The molecule has 2 saturated heterocycles. The molecular formula is C17H23NO2. The third-order valence-electron chi connectivity index (χ3n) is 4.54. The first kappa shape index (κ1) is 13.8. The summed E-state index contributed by atoms with van der Waals surface area (Å²) in [6, 6.07) is 8.54. The highest BCUT2D eigenvalue weighted by molar-refractivity contribution is 5.99. The van der Waals surface area contributed by atoms with Gasteiger partial charge in [-0.1, -0.05) is 38.1 Å². The Kier molecular flexibility index (Phi) is 3.90. The molecule has 2 fully saturated rings. The average molecular weight is 273 g/mol. The highest BCUT2D eigenvalue weighted by atomic mass is 16.5. The fourth-order valence-electron chi connectivity index (χ4n) is 3.19. The van der Waals surface area contributed by atoms with Crippen molar-refractivity contribution in [2.24, 2.45) is 0 Å². The molecule has 2 unspecified atom stereocenters. The number of Topliss-reactive ketones (excluding diaryl/α,β-unsaturated/α-hetero) is 1. The molecular weight excluding hydrogens is 250 g/mol. The number of rotatable bonds is 3. The molecule has 0 saturated carbocycles. The molecule has 20 heavy (non-hydrogen) atoms. The molecule has 0 bridgehead atoms. The molecule has 2 heterocycles. The quantitative estimate of drug-likeness (QED) is 0.793. The van der Waals surface area contributed by atoms with Crippen molar-refractivity contribution in [3.8, 4) is 0 Å². The van der Waals surface area contributed by atoms with Crippen LogP contribution in [0.1, 0.15) is 48.5 Å². The molecule has 3 rings (SSSR count). The molecule has 0 aliphatic carbocycles. The van der Waals surface area contributed by atoms with Crippen LogP contribution in [0.15, 0.2) is 24.3 Å². The number of ketones is 1. The number of benzene rings is 1. The number of hydrogen-bond acceptors (Lipinski definition) is 3. The summed E-state index contributed by atoms with van der Waals surface area (Å²) in [6.07, 6.45) is 2.16. The zero-order valence-electron chi connectivity index (χ0n) is 12.3. The zero-order valence-corrected chi connectivity index (χ0v) is 12.3. The van der Waals surface area contributed by atoms with E-state index in [2.05, 4.69) is 30.9 Å². The predicted molar refractivity (Wildman–Crippen MR) is 79.2 cm³/mol. The Balaban J connectivity index is 1.69. The van der Waals surface area contributed by atoms with Crippen molar-refractivity contribution in [3.05, 3.63) is 35.4 Å². The molecule has 2 aliphatic rings. The topological polar surface area (TPSA) is 29.5 Å². The van der Waals surface area contributed by atoms with Crippen LogP contribution in [-0.2, 0) is 4.74 Å². The van der Waals surface area contributed by atoms with Gasteiger partial charge in [-0.3, -0.25) is 9.69 Å². The van der Waals surface area contributed by atoms with Crippen LogP contribution in [0, 0.1) is 0 Å². The van der Waals surface area contributed by atoms with Crippen LogP contribution in [0.2, 0.25) is 0 Å². The van der Waals surface area contributed by atoms with Crippen LogP contribution >= 0.6 is 0 Å². The van der Waals surface area contributed by atoms with Gasteiger partial charge in [0.15, 0.2) is 5.78 Å². The first-order chi connectivity index (χ1) is 9.65. The molecule has 1 aromatic rings. The fraction of sp³-hybridized carbons (Fsp3) is 0.588. The molecule has 0 spiro atoms. The average Bonchev–Trinajstić information content (AvgIpc) is 2.94. The Morgan fingerprint density at radius 2 is 2.05 bits per heavy atom. The second-order valence-electron chi connectivity index (χ2n) is 6.25. The minimum absolute atomic E-state index is 0.130. The number of ether oxygens (including phenoxy) is 1. The number of carbonyl (C=O) groups excluding carboxylic acids is 1. The van der Waals surface area contributed by atoms with Crippen LogP contribution in [0.4, 0.5) is 0 Å². The number of hydrogen-bond donors (Lipinski definition) is 0. The highest BCUT2D eigenvalue weighted by Crippen LogP contribution is 2.24. The largest absolute Gasteiger partial charge is 0.367 e. The molecule has 2 atom stereocenters. The Morgan fingerprint density at radius 3 is 2.75 bits per heavy atom. The van der Waals surface area contributed by atoms with E-state index in [1.54, 1.807) is 0 Å². The van der Waals surface area contributed by atoms with Crippen LogP contribution in [0.3, 0.4) is 0 Å². The maximum Gasteiger partial charge on any atom is 0.192 e. The van der Waals surface area contributed by atoms with E-state index in [1.807, 2.05) is 12.1 Å². The van der Waals surface area contributed by atoms with E-state index in [4.69, 9.17) is 4.74 Å². The van der Waals surface area contributed by atoms with Gasteiger partial charge in [-0.25, -0.2) is 0 Å². The van der Waals surface area contributed by atoms with Crippen molar-refractivity contribution in [2.45, 2.75) is 44.8 Å². The smallest absolute Gasteiger partial charge is 0.192 e. The van der Waals surface area contributed by atoms with E-state index in [0.717, 1.165) is 18.7 Å². The van der Waals surface area contributed by atoms with Crippen LogP contribution in [0.5, 0.6) is 0 Å². The molecule has 0 radical (unpaired) electrons. The van der Waals surface area contributed by atoms with Gasteiger partial charge in [-0.2, -0.15) is 0 Å². The summed E-state index contributed by atoms with van der Waals surface area (Å²) in [5.41, 5.74) is 2.04. The van der Waals surface area contributed by atoms with E-state index in [1.165, 1.54) is 18.4 Å². The van der Waals surface area contributed by atoms with E-state index in [9.17, 15) is 4.79 Å². The number of fused-ring (bicyclic) bond motifs is 1. The lowest BCUT2D eigenvalue weighted by atomic mass is 9.98. The summed E-state index contributed by atoms with van der Waals surface area (Å²) in [4.78, 5) is 14.9. The standard InChI is InChI=1S/C17H23NO2/c1-12(2)13-5-7-14(8-6-13)17(19)16-10-18-9-3-4-15(18)11-20-16/h5-8,12,15-16H,3-4,9-11H2,1-2H3. The number of morpholine rings is 1. The Morgan fingerprint density at radius 1 is 1.30 bits per heavy atom. The second-order valence-corrected chi connectivity index (χ2v) is 6.25. The Hall–Kier alpha value is -1.19. The summed E-state index contributed by atoms with van der Waals surface area (Å²) >= 11 is 0. The van der Waals surface area contributed by atoms with E-state index < -0.39 is 0 Å². The van der Waals surface area contributed by atoms with Crippen molar-refractivity contribution >= 4 is 5.78 Å². The molecule has 0 N–H and O–H groups in total. The first-order valence-corrected chi connectivity index (χ1v) is 7.65. The van der Waals surface area contributed by atoms with Gasteiger partial charge in [0.1, 0.15) is 6.10 Å². The summed E-state index contributed by atoms with van der Waals surface area (Å²) in [5, 5.41) is 0. The zero-order chi connectivity index (χ0) is 14.1. The van der Waals surface area contributed by atoms with Gasteiger partial charge >= 0.3 is 0 Å². The first-order valence-electron chi connectivity index (χ1n) is 7.65. The van der Waals surface area contributed by atoms with E-state index in [-0.39, 0.29) is 11.9 Å². The van der Waals surface area contributed by atoms with Gasteiger partial charge in [0.25, 0.3) is 0 Å². The molecule has 2 aliphatic heterocycles. The molecule has 108 valence electrons. The lowest BCUT2D eigenvalue weighted by Crippen LogP contribution is -2.49.